The number of aryl methyl sites for hydroxylation is 2. The zero-order valence-corrected chi connectivity index (χ0v) is 18.2. The Morgan fingerprint density at radius 3 is 2.00 bits per heavy atom. The number of carbonyl (C=O) groups is 2. The van der Waals surface area contributed by atoms with Crippen LogP contribution in [0.3, 0.4) is 0 Å². The summed E-state index contributed by atoms with van der Waals surface area (Å²) in [4.78, 5) is 25.2. The molecule has 3 aromatic rings. The molecule has 0 atom stereocenters. The van der Waals surface area contributed by atoms with Crippen molar-refractivity contribution in [3.05, 3.63) is 88.5 Å². The van der Waals surface area contributed by atoms with Crippen LogP contribution in [-0.2, 0) is 10.0 Å². The maximum atomic E-state index is 12.9. The van der Waals surface area contributed by atoms with E-state index in [1.807, 2.05) is 13.0 Å². The topological polar surface area (TPSA) is 118 Å². The van der Waals surface area contributed by atoms with E-state index in [-0.39, 0.29) is 10.8 Å². The van der Waals surface area contributed by atoms with E-state index in [1.165, 1.54) is 12.1 Å². The molecule has 0 aromatic heterocycles. The second kappa shape index (κ2) is 8.71. The summed E-state index contributed by atoms with van der Waals surface area (Å²) >= 11 is 0. The Morgan fingerprint density at radius 2 is 1.35 bits per heavy atom. The highest BCUT2D eigenvalue weighted by molar-refractivity contribution is 7.89. The molecule has 160 valence electrons. The minimum absolute atomic E-state index is 0.0781. The molecule has 0 bridgehead atoms. The lowest BCUT2D eigenvalue weighted by Crippen LogP contribution is -2.17. The Balaban J connectivity index is 1.87. The quantitative estimate of drug-likeness (QED) is 0.563. The normalized spacial score (nSPS) is 11.1. The first-order chi connectivity index (χ1) is 14.6. The molecule has 7 nitrogen and oxygen atoms in total. The van der Waals surface area contributed by atoms with E-state index in [9.17, 15) is 18.0 Å². The van der Waals surface area contributed by atoms with Gasteiger partial charge in [-0.2, -0.15) is 0 Å². The van der Waals surface area contributed by atoms with Gasteiger partial charge < -0.3 is 10.6 Å². The smallest absolute Gasteiger partial charge is 0.255 e. The van der Waals surface area contributed by atoms with Gasteiger partial charge in [0.1, 0.15) is 0 Å². The van der Waals surface area contributed by atoms with Crippen LogP contribution in [0.2, 0.25) is 0 Å². The average molecular weight is 438 g/mol. The summed E-state index contributed by atoms with van der Waals surface area (Å²) in [5.41, 5.74) is 3.88. The monoisotopic (exact) mass is 437 g/mol. The number of nitrogens with two attached hydrogens (primary N) is 1. The lowest BCUT2D eigenvalue weighted by atomic mass is 10.1. The highest BCUT2D eigenvalue weighted by Gasteiger charge is 2.16. The molecule has 0 radical (unpaired) electrons. The first-order valence-corrected chi connectivity index (χ1v) is 11.0. The number of benzene rings is 3. The summed E-state index contributed by atoms with van der Waals surface area (Å²) in [6.07, 6.45) is 0. The van der Waals surface area contributed by atoms with Crippen LogP contribution in [0.4, 0.5) is 11.4 Å². The Kier molecular flexibility index (Phi) is 6.24. The molecule has 8 heteroatoms. The molecule has 0 unspecified atom stereocenters. The highest BCUT2D eigenvalue weighted by atomic mass is 32.2. The number of primary sulfonamides is 1. The minimum Gasteiger partial charge on any atom is -0.322 e. The number of carbonyl (C=O) groups excluding carboxylic acids is 2. The lowest BCUT2D eigenvalue weighted by Gasteiger charge is -2.14. The van der Waals surface area contributed by atoms with E-state index in [1.54, 1.807) is 56.3 Å². The van der Waals surface area contributed by atoms with Crippen molar-refractivity contribution in [1.29, 1.82) is 0 Å². The van der Waals surface area contributed by atoms with Gasteiger partial charge in [-0.25, -0.2) is 13.6 Å². The molecule has 0 heterocycles. The lowest BCUT2D eigenvalue weighted by molar-refractivity contribution is 0.101. The van der Waals surface area contributed by atoms with Crippen LogP contribution < -0.4 is 15.8 Å². The Morgan fingerprint density at radius 1 is 0.742 bits per heavy atom. The summed E-state index contributed by atoms with van der Waals surface area (Å²) in [5, 5.41) is 10.8. The number of hydrogen-bond acceptors (Lipinski definition) is 4. The van der Waals surface area contributed by atoms with Crippen LogP contribution in [0.25, 0.3) is 0 Å². The number of nitrogens with one attached hydrogen (secondary N) is 2. The van der Waals surface area contributed by atoms with Gasteiger partial charge in [0.2, 0.25) is 10.0 Å². The number of hydrogen-bond donors (Lipinski definition) is 3. The largest absolute Gasteiger partial charge is 0.322 e. The van der Waals surface area contributed by atoms with Crippen LogP contribution in [0.1, 0.15) is 37.4 Å². The standard InChI is InChI=1S/C23H23N3O4S/c1-14-9-10-18(12-20(14)25-22(27)17-7-5-4-6-8-17)23(28)26-21-13-19(31(24,29)30)11-15(2)16(21)3/h4-13H,1-3H3,(H,25,27)(H,26,28)(H2,24,29,30). The molecule has 0 aliphatic carbocycles. The minimum atomic E-state index is -3.92. The van der Waals surface area contributed by atoms with Crippen LogP contribution in [0.15, 0.2) is 65.6 Å². The van der Waals surface area contributed by atoms with Gasteiger partial charge >= 0.3 is 0 Å². The molecule has 3 aromatic carbocycles. The van der Waals surface area contributed by atoms with Gasteiger partial charge in [0.15, 0.2) is 0 Å². The first kappa shape index (κ1) is 22.2. The van der Waals surface area contributed by atoms with E-state index < -0.39 is 15.9 Å². The maximum Gasteiger partial charge on any atom is 0.255 e. The van der Waals surface area contributed by atoms with Crippen molar-refractivity contribution in [3.8, 4) is 0 Å². The fourth-order valence-corrected chi connectivity index (χ4v) is 3.62. The van der Waals surface area contributed by atoms with Gasteiger partial charge in [-0.05, 0) is 73.9 Å². The third-order valence-electron chi connectivity index (χ3n) is 5.00. The average Bonchev–Trinajstić information content (AvgIpc) is 2.72. The van der Waals surface area contributed by atoms with Crippen molar-refractivity contribution >= 4 is 33.2 Å². The third kappa shape index (κ3) is 5.17. The molecular formula is C23H23N3O4S. The summed E-state index contributed by atoms with van der Waals surface area (Å²) in [6.45, 7) is 5.34. The molecule has 0 saturated carbocycles. The number of sulfonamides is 1. The molecule has 0 aliphatic rings. The van der Waals surface area contributed by atoms with Crippen molar-refractivity contribution < 1.29 is 18.0 Å². The molecule has 31 heavy (non-hydrogen) atoms. The van der Waals surface area contributed by atoms with E-state index in [4.69, 9.17) is 5.14 Å². The van der Waals surface area contributed by atoms with Gasteiger partial charge in [-0.1, -0.05) is 24.3 Å². The van der Waals surface area contributed by atoms with Crippen molar-refractivity contribution in [2.45, 2.75) is 25.7 Å². The van der Waals surface area contributed by atoms with Crippen LogP contribution in [-0.4, -0.2) is 20.2 Å². The van der Waals surface area contributed by atoms with Gasteiger partial charge in [0, 0.05) is 22.5 Å². The molecule has 0 spiro atoms. The van der Waals surface area contributed by atoms with Crippen molar-refractivity contribution in [3.63, 3.8) is 0 Å². The summed E-state index contributed by atoms with van der Waals surface area (Å²) < 4.78 is 23.5. The van der Waals surface area contributed by atoms with Gasteiger partial charge in [-0.15, -0.1) is 0 Å². The molecule has 4 N–H and O–H groups in total. The highest BCUT2D eigenvalue weighted by Crippen LogP contribution is 2.25. The zero-order valence-electron chi connectivity index (χ0n) is 17.4. The molecule has 0 aliphatic heterocycles. The second-order valence-electron chi connectivity index (χ2n) is 7.26. The Hall–Kier alpha value is -3.49. The third-order valence-corrected chi connectivity index (χ3v) is 5.89. The van der Waals surface area contributed by atoms with Crippen molar-refractivity contribution in [2.75, 3.05) is 10.6 Å². The fourth-order valence-electron chi connectivity index (χ4n) is 3.00. The molecular weight excluding hydrogens is 414 g/mol. The summed E-state index contributed by atoms with van der Waals surface area (Å²) in [7, 11) is -3.92. The summed E-state index contributed by atoms with van der Waals surface area (Å²) in [5.74, 6) is -0.724. The van der Waals surface area contributed by atoms with Crippen molar-refractivity contribution in [1.82, 2.24) is 0 Å². The number of amides is 2. The van der Waals surface area contributed by atoms with Gasteiger partial charge in [0.05, 0.1) is 4.90 Å². The molecule has 2 amide bonds. The van der Waals surface area contributed by atoms with E-state index in [0.717, 1.165) is 11.1 Å². The van der Waals surface area contributed by atoms with Gasteiger partial charge in [-0.3, -0.25) is 9.59 Å². The Labute approximate surface area is 181 Å². The number of rotatable bonds is 5. The predicted molar refractivity (Wildman–Crippen MR) is 121 cm³/mol. The zero-order chi connectivity index (χ0) is 22.8. The second-order valence-corrected chi connectivity index (χ2v) is 8.82. The van der Waals surface area contributed by atoms with Gasteiger partial charge in [0.25, 0.3) is 11.8 Å². The Bertz CT molecular complexity index is 1270. The SMILES string of the molecule is Cc1ccc(C(=O)Nc2cc(S(N)(=O)=O)cc(C)c2C)cc1NC(=O)c1ccccc1. The van der Waals surface area contributed by atoms with E-state index in [0.29, 0.717) is 28.1 Å². The maximum absolute atomic E-state index is 12.9. The van der Waals surface area contributed by atoms with E-state index in [2.05, 4.69) is 10.6 Å². The van der Waals surface area contributed by atoms with Crippen LogP contribution >= 0.6 is 0 Å². The molecule has 3 rings (SSSR count). The van der Waals surface area contributed by atoms with Crippen molar-refractivity contribution in [2.24, 2.45) is 5.14 Å². The van der Waals surface area contributed by atoms with Crippen LogP contribution in [0.5, 0.6) is 0 Å². The number of anilines is 2. The summed E-state index contributed by atoms with van der Waals surface area (Å²) in [6, 6.07) is 16.5. The first-order valence-electron chi connectivity index (χ1n) is 9.48. The fraction of sp³-hybridized carbons (Fsp3) is 0.130. The van der Waals surface area contributed by atoms with Crippen LogP contribution in [0, 0.1) is 20.8 Å². The molecule has 0 fully saturated rings. The molecule has 0 saturated heterocycles. The van der Waals surface area contributed by atoms with E-state index >= 15 is 0 Å². The predicted octanol–water partition coefficient (Wildman–Crippen LogP) is 3.76.